The molecule has 1 amide bonds. The highest BCUT2D eigenvalue weighted by atomic mass is 35.5. The predicted octanol–water partition coefficient (Wildman–Crippen LogP) is 1.37. The summed E-state index contributed by atoms with van der Waals surface area (Å²) < 4.78 is 0. The highest BCUT2D eigenvalue weighted by Gasteiger charge is 2.19. The number of nitro benzene ring substituents is 1. The number of hydrogen-bond donors (Lipinski definition) is 2. The van der Waals surface area contributed by atoms with Crippen LogP contribution in [0.15, 0.2) is 18.2 Å². The lowest BCUT2D eigenvalue weighted by Gasteiger charge is -2.01. The quantitative estimate of drug-likeness (QED) is 0.444. The normalized spacial score (nSPS) is 9.57. The number of amides is 1. The molecule has 2 N–H and O–H groups in total. The lowest BCUT2D eigenvalue weighted by molar-refractivity contribution is -0.384. The van der Waals surface area contributed by atoms with Crippen LogP contribution in [0.25, 0.3) is 0 Å². The van der Waals surface area contributed by atoms with Crippen LogP contribution in [0.5, 0.6) is 0 Å². The molecule has 0 saturated heterocycles. The van der Waals surface area contributed by atoms with Crippen LogP contribution in [-0.4, -0.2) is 16.0 Å². The van der Waals surface area contributed by atoms with Crippen molar-refractivity contribution in [1.82, 2.24) is 5.48 Å². The van der Waals surface area contributed by atoms with E-state index in [2.05, 4.69) is 0 Å². The zero-order valence-corrected chi connectivity index (χ0v) is 7.49. The standard InChI is InChI=1S/C7H5ClN2O4/c8-6-4(7(11)9-12)2-1-3-5(6)10(13)14/h1-3,12H,(H,9,11). The predicted molar refractivity (Wildman–Crippen MR) is 47.4 cm³/mol. The maximum Gasteiger partial charge on any atom is 0.288 e. The minimum absolute atomic E-state index is 0.150. The van der Waals surface area contributed by atoms with Gasteiger partial charge in [0.15, 0.2) is 0 Å². The Morgan fingerprint density at radius 1 is 1.57 bits per heavy atom. The molecule has 0 aliphatic rings. The van der Waals surface area contributed by atoms with Crippen molar-refractivity contribution in [2.24, 2.45) is 0 Å². The molecule has 6 nitrogen and oxygen atoms in total. The summed E-state index contributed by atoms with van der Waals surface area (Å²) in [7, 11) is 0. The molecule has 7 heteroatoms. The molecule has 0 radical (unpaired) electrons. The van der Waals surface area contributed by atoms with E-state index in [1.165, 1.54) is 17.6 Å². The van der Waals surface area contributed by atoms with E-state index < -0.39 is 10.8 Å². The summed E-state index contributed by atoms with van der Waals surface area (Å²) in [4.78, 5) is 20.6. The third kappa shape index (κ3) is 1.81. The molecule has 0 bridgehead atoms. The average Bonchev–Trinajstić information content (AvgIpc) is 2.16. The summed E-state index contributed by atoms with van der Waals surface area (Å²) in [5, 5.41) is 18.4. The number of halogens is 1. The first-order chi connectivity index (χ1) is 6.57. The van der Waals surface area contributed by atoms with Gasteiger partial charge in [0.25, 0.3) is 11.6 Å². The third-order valence-corrected chi connectivity index (χ3v) is 1.92. The van der Waals surface area contributed by atoms with Gasteiger partial charge in [0.05, 0.1) is 10.5 Å². The number of hydrogen-bond acceptors (Lipinski definition) is 4. The van der Waals surface area contributed by atoms with E-state index in [0.29, 0.717) is 0 Å². The van der Waals surface area contributed by atoms with Crippen molar-refractivity contribution in [2.75, 3.05) is 0 Å². The van der Waals surface area contributed by atoms with Crippen LogP contribution in [0.4, 0.5) is 5.69 Å². The molecule has 0 saturated carbocycles. The second-order valence-corrected chi connectivity index (χ2v) is 2.71. The Hall–Kier alpha value is -1.66. The van der Waals surface area contributed by atoms with Gasteiger partial charge < -0.3 is 0 Å². The fraction of sp³-hybridized carbons (Fsp3) is 0. The maximum absolute atomic E-state index is 10.9. The SMILES string of the molecule is O=C(NO)c1cccc([N+](=O)[O-])c1Cl. The van der Waals surface area contributed by atoms with E-state index in [1.54, 1.807) is 0 Å². The van der Waals surface area contributed by atoms with Crippen molar-refractivity contribution in [3.63, 3.8) is 0 Å². The molecular formula is C7H5ClN2O4. The number of nitrogens with one attached hydrogen (secondary N) is 1. The smallest absolute Gasteiger partial charge is 0.288 e. The first-order valence-electron chi connectivity index (χ1n) is 3.45. The summed E-state index contributed by atoms with van der Waals surface area (Å²) in [5.41, 5.74) is 0.811. The molecule has 0 unspecified atom stereocenters. The third-order valence-electron chi connectivity index (χ3n) is 1.52. The van der Waals surface area contributed by atoms with Gasteiger partial charge in [-0.1, -0.05) is 17.7 Å². The summed E-state index contributed by atoms with van der Waals surface area (Å²) >= 11 is 5.56. The molecule has 0 spiro atoms. The Kier molecular flexibility index (Phi) is 3.00. The van der Waals surface area contributed by atoms with Gasteiger partial charge in [-0.3, -0.25) is 20.1 Å². The van der Waals surface area contributed by atoms with E-state index in [-0.39, 0.29) is 16.3 Å². The zero-order chi connectivity index (χ0) is 10.7. The lowest BCUT2D eigenvalue weighted by atomic mass is 10.2. The van der Waals surface area contributed by atoms with Crippen LogP contribution in [-0.2, 0) is 0 Å². The summed E-state index contributed by atoms with van der Waals surface area (Å²) in [6, 6.07) is 3.73. The molecule has 1 aromatic carbocycles. The van der Waals surface area contributed by atoms with Crippen molar-refractivity contribution in [2.45, 2.75) is 0 Å². The van der Waals surface area contributed by atoms with Crippen molar-refractivity contribution in [3.8, 4) is 0 Å². The van der Waals surface area contributed by atoms with Gasteiger partial charge in [-0.2, -0.15) is 0 Å². The Labute approximate surface area is 83.2 Å². The topological polar surface area (TPSA) is 92.5 Å². The average molecular weight is 217 g/mol. The molecular weight excluding hydrogens is 212 g/mol. The van der Waals surface area contributed by atoms with Crippen LogP contribution in [0.1, 0.15) is 10.4 Å². The molecule has 0 heterocycles. The van der Waals surface area contributed by atoms with Gasteiger partial charge in [0.2, 0.25) is 0 Å². The van der Waals surface area contributed by atoms with Gasteiger partial charge in [-0.15, -0.1) is 0 Å². The van der Waals surface area contributed by atoms with Gasteiger partial charge in [-0.05, 0) is 6.07 Å². The summed E-state index contributed by atoms with van der Waals surface area (Å²) in [5.74, 6) is -0.890. The molecule has 0 fully saturated rings. The fourth-order valence-corrected chi connectivity index (χ4v) is 1.18. The van der Waals surface area contributed by atoms with Crippen molar-refractivity contribution in [3.05, 3.63) is 38.9 Å². The van der Waals surface area contributed by atoms with Crippen LogP contribution in [0.3, 0.4) is 0 Å². The van der Waals surface area contributed by atoms with Crippen LogP contribution in [0, 0.1) is 10.1 Å². The second-order valence-electron chi connectivity index (χ2n) is 2.34. The first kappa shape index (κ1) is 10.4. The maximum atomic E-state index is 10.9. The first-order valence-corrected chi connectivity index (χ1v) is 3.83. The molecule has 14 heavy (non-hydrogen) atoms. The van der Waals surface area contributed by atoms with Crippen molar-refractivity contribution < 1.29 is 14.9 Å². The minimum atomic E-state index is -0.890. The number of hydroxylamine groups is 1. The number of nitrogens with zero attached hydrogens (tertiary/aromatic N) is 1. The molecule has 1 aromatic rings. The van der Waals surface area contributed by atoms with Crippen LogP contribution >= 0.6 is 11.6 Å². The summed E-state index contributed by atoms with van der Waals surface area (Å²) in [6.45, 7) is 0. The molecule has 74 valence electrons. The molecule has 1 rings (SSSR count). The number of carbonyl (C=O) groups is 1. The van der Waals surface area contributed by atoms with Crippen molar-refractivity contribution >= 4 is 23.2 Å². The second kappa shape index (κ2) is 4.03. The van der Waals surface area contributed by atoms with Gasteiger partial charge >= 0.3 is 0 Å². The van der Waals surface area contributed by atoms with Gasteiger partial charge in [0, 0.05) is 6.07 Å². The Balaban J connectivity index is 3.27. The largest absolute Gasteiger partial charge is 0.288 e. The zero-order valence-electron chi connectivity index (χ0n) is 6.73. The molecule has 0 aliphatic carbocycles. The number of nitro groups is 1. The van der Waals surface area contributed by atoms with E-state index in [4.69, 9.17) is 16.8 Å². The molecule has 0 atom stereocenters. The number of benzene rings is 1. The van der Waals surface area contributed by atoms with Gasteiger partial charge in [0.1, 0.15) is 5.02 Å². The fourth-order valence-electron chi connectivity index (χ4n) is 0.896. The highest BCUT2D eigenvalue weighted by Crippen LogP contribution is 2.27. The minimum Gasteiger partial charge on any atom is -0.288 e. The number of carbonyl (C=O) groups excluding carboxylic acids is 1. The van der Waals surface area contributed by atoms with Crippen LogP contribution in [0.2, 0.25) is 5.02 Å². The number of rotatable bonds is 2. The molecule has 0 aliphatic heterocycles. The Morgan fingerprint density at radius 2 is 2.21 bits per heavy atom. The Bertz CT molecular complexity index is 393. The molecule has 0 aromatic heterocycles. The Morgan fingerprint density at radius 3 is 2.71 bits per heavy atom. The van der Waals surface area contributed by atoms with E-state index in [9.17, 15) is 14.9 Å². The van der Waals surface area contributed by atoms with Crippen molar-refractivity contribution in [1.29, 1.82) is 0 Å². The summed E-state index contributed by atoms with van der Waals surface area (Å²) in [6.07, 6.45) is 0. The lowest BCUT2D eigenvalue weighted by Crippen LogP contribution is -2.19. The monoisotopic (exact) mass is 216 g/mol. The highest BCUT2D eigenvalue weighted by molar-refractivity contribution is 6.35. The van der Waals surface area contributed by atoms with Gasteiger partial charge in [-0.25, -0.2) is 5.48 Å². The van der Waals surface area contributed by atoms with Crippen LogP contribution < -0.4 is 5.48 Å². The van der Waals surface area contributed by atoms with E-state index >= 15 is 0 Å². The van der Waals surface area contributed by atoms with E-state index in [0.717, 1.165) is 6.07 Å². The van der Waals surface area contributed by atoms with E-state index in [1.807, 2.05) is 0 Å².